The van der Waals surface area contributed by atoms with Crippen molar-refractivity contribution in [1.29, 1.82) is 0 Å². The molecule has 1 atom stereocenters. The van der Waals surface area contributed by atoms with Crippen LogP contribution < -0.4 is 0 Å². The van der Waals surface area contributed by atoms with Crippen LogP contribution in [0.15, 0.2) is 46.9 Å². The minimum atomic E-state index is -0.240. The Hall–Kier alpha value is 0.0600. The van der Waals surface area contributed by atoms with E-state index in [0.29, 0.717) is 4.47 Å². The molecule has 17 heavy (non-hydrogen) atoms. The monoisotopic (exact) mass is 468 g/mol. The van der Waals surface area contributed by atoms with E-state index in [4.69, 9.17) is 0 Å². The summed E-state index contributed by atoms with van der Waals surface area (Å²) in [7, 11) is 0. The SMILES string of the molecule is Fc1ccc(C(Br)c2ccccc2I)cc1Br. The summed E-state index contributed by atoms with van der Waals surface area (Å²) in [6, 6.07) is 13.2. The summed E-state index contributed by atoms with van der Waals surface area (Å²) < 4.78 is 14.9. The van der Waals surface area contributed by atoms with Gasteiger partial charge in [-0.3, -0.25) is 0 Å². The van der Waals surface area contributed by atoms with Gasteiger partial charge in [0.05, 0.1) is 9.30 Å². The molecule has 4 heteroatoms. The number of halogens is 4. The van der Waals surface area contributed by atoms with Crippen LogP contribution in [0.4, 0.5) is 4.39 Å². The van der Waals surface area contributed by atoms with Crippen molar-refractivity contribution in [3.05, 3.63) is 67.5 Å². The molecule has 0 aromatic heterocycles. The highest BCUT2D eigenvalue weighted by Gasteiger charge is 2.14. The molecule has 0 aliphatic heterocycles. The Morgan fingerprint density at radius 2 is 1.82 bits per heavy atom. The van der Waals surface area contributed by atoms with E-state index in [1.165, 1.54) is 15.2 Å². The summed E-state index contributed by atoms with van der Waals surface area (Å²) in [4.78, 5) is 0.0764. The van der Waals surface area contributed by atoms with Crippen LogP contribution in [0, 0.1) is 9.39 Å². The fourth-order valence-electron chi connectivity index (χ4n) is 1.53. The Morgan fingerprint density at radius 3 is 2.47 bits per heavy atom. The van der Waals surface area contributed by atoms with E-state index in [0.717, 1.165) is 5.56 Å². The molecule has 0 saturated heterocycles. The molecule has 0 heterocycles. The summed E-state index contributed by atoms with van der Waals surface area (Å²) >= 11 is 9.17. The van der Waals surface area contributed by atoms with Crippen LogP contribution in [-0.4, -0.2) is 0 Å². The second kappa shape index (κ2) is 5.80. The van der Waals surface area contributed by atoms with Crippen LogP contribution >= 0.6 is 54.5 Å². The average Bonchev–Trinajstić information content (AvgIpc) is 2.32. The molecule has 0 N–H and O–H groups in total. The highest BCUT2D eigenvalue weighted by molar-refractivity contribution is 14.1. The molecule has 0 amide bonds. The number of rotatable bonds is 2. The second-order valence-electron chi connectivity index (χ2n) is 3.56. The molecule has 0 spiro atoms. The van der Waals surface area contributed by atoms with Crippen LogP contribution in [0.5, 0.6) is 0 Å². The Balaban J connectivity index is 2.40. The van der Waals surface area contributed by atoms with E-state index in [-0.39, 0.29) is 10.6 Å². The van der Waals surface area contributed by atoms with E-state index >= 15 is 0 Å². The van der Waals surface area contributed by atoms with E-state index < -0.39 is 0 Å². The fraction of sp³-hybridized carbons (Fsp3) is 0.0769. The molecule has 0 bridgehead atoms. The van der Waals surface area contributed by atoms with Gasteiger partial charge < -0.3 is 0 Å². The van der Waals surface area contributed by atoms with Crippen molar-refractivity contribution >= 4 is 54.5 Å². The molecule has 0 saturated carbocycles. The van der Waals surface area contributed by atoms with E-state index in [1.54, 1.807) is 12.1 Å². The van der Waals surface area contributed by atoms with Crippen molar-refractivity contribution in [3.8, 4) is 0 Å². The number of benzene rings is 2. The quantitative estimate of drug-likeness (QED) is 0.392. The van der Waals surface area contributed by atoms with Crippen molar-refractivity contribution in [2.45, 2.75) is 4.83 Å². The zero-order chi connectivity index (χ0) is 12.4. The average molecular weight is 470 g/mol. The van der Waals surface area contributed by atoms with Crippen molar-refractivity contribution in [2.24, 2.45) is 0 Å². The Kier molecular flexibility index (Phi) is 4.60. The number of alkyl halides is 1. The first kappa shape index (κ1) is 13.5. The Morgan fingerprint density at radius 1 is 1.12 bits per heavy atom. The summed E-state index contributed by atoms with van der Waals surface area (Å²) in [5.41, 5.74) is 2.22. The standard InChI is InChI=1S/C13H8Br2FI/c14-10-7-8(5-6-11(10)16)13(15)9-3-1-2-4-12(9)17/h1-7,13H. The van der Waals surface area contributed by atoms with E-state index in [2.05, 4.69) is 66.6 Å². The molecular formula is C13H8Br2FI. The second-order valence-corrected chi connectivity index (χ2v) is 6.49. The van der Waals surface area contributed by atoms with Crippen LogP contribution in [0.3, 0.4) is 0 Å². The lowest BCUT2D eigenvalue weighted by molar-refractivity contribution is 0.620. The molecule has 2 aromatic carbocycles. The number of hydrogen-bond acceptors (Lipinski definition) is 0. The topological polar surface area (TPSA) is 0 Å². The maximum absolute atomic E-state index is 13.2. The molecule has 1 unspecified atom stereocenters. The van der Waals surface area contributed by atoms with Crippen molar-refractivity contribution < 1.29 is 4.39 Å². The molecule has 0 radical (unpaired) electrons. The van der Waals surface area contributed by atoms with Crippen LogP contribution in [-0.2, 0) is 0 Å². The van der Waals surface area contributed by atoms with Gasteiger partial charge in [-0.15, -0.1) is 0 Å². The zero-order valence-corrected chi connectivity index (χ0v) is 14.0. The smallest absolute Gasteiger partial charge is 0.137 e. The van der Waals surface area contributed by atoms with Gasteiger partial charge in [0.2, 0.25) is 0 Å². The highest BCUT2D eigenvalue weighted by Crippen LogP contribution is 2.34. The van der Waals surface area contributed by atoms with Crippen LogP contribution in [0.25, 0.3) is 0 Å². The van der Waals surface area contributed by atoms with Gasteiger partial charge in [-0.1, -0.05) is 40.2 Å². The third kappa shape index (κ3) is 3.09. The lowest BCUT2D eigenvalue weighted by atomic mass is 10.1. The Bertz CT molecular complexity index is 543. The molecule has 0 aliphatic carbocycles. The molecule has 0 nitrogen and oxygen atoms in total. The third-order valence-corrected chi connectivity index (χ3v) is 5.03. The van der Waals surface area contributed by atoms with Crippen LogP contribution in [0.1, 0.15) is 16.0 Å². The molecule has 2 aromatic rings. The molecular weight excluding hydrogens is 462 g/mol. The van der Waals surface area contributed by atoms with Crippen molar-refractivity contribution in [1.82, 2.24) is 0 Å². The molecule has 2 rings (SSSR count). The highest BCUT2D eigenvalue weighted by atomic mass is 127. The van der Waals surface area contributed by atoms with Gasteiger partial charge in [-0.25, -0.2) is 4.39 Å². The predicted molar refractivity (Wildman–Crippen MR) is 84.0 cm³/mol. The summed E-state index contributed by atoms with van der Waals surface area (Å²) in [5, 5.41) is 0. The zero-order valence-electron chi connectivity index (χ0n) is 8.63. The van der Waals surface area contributed by atoms with Gasteiger partial charge in [0.1, 0.15) is 5.82 Å². The van der Waals surface area contributed by atoms with Gasteiger partial charge >= 0.3 is 0 Å². The Labute approximate surface area is 130 Å². The largest absolute Gasteiger partial charge is 0.206 e. The fourth-order valence-corrected chi connectivity index (χ4v) is 3.74. The summed E-state index contributed by atoms with van der Waals surface area (Å²) in [6.45, 7) is 0. The van der Waals surface area contributed by atoms with Gasteiger partial charge in [0, 0.05) is 3.57 Å². The summed E-state index contributed by atoms with van der Waals surface area (Å²) in [6.07, 6.45) is 0. The summed E-state index contributed by atoms with van der Waals surface area (Å²) in [5.74, 6) is -0.240. The lowest BCUT2D eigenvalue weighted by Gasteiger charge is -2.13. The first-order valence-electron chi connectivity index (χ1n) is 4.93. The first-order valence-corrected chi connectivity index (χ1v) is 7.72. The van der Waals surface area contributed by atoms with Gasteiger partial charge in [-0.05, 0) is 67.8 Å². The van der Waals surface area contributed by atoms with E-state index in [9.17, 15) is 4.39 Å². The van der Waals surface area contributed by atoms with Gasteiger partial charge in [0.25, 0.3) is 0 Å². The lowest BCUT2D eigenvalue weighted by Crippen LogP contribution is -1.96. The third-order valence-electron chi connectivity index (χ3n) is 2.41. The minimum Gasteiger partial charge on any atom is -0.206 e. The first-order chi connectivity index (χ1) is 8.09. The molecule has 88 valence electrons. The van der Waals surface area contributed by atoms with E-state index in [1.807, 2.05) is 12.1 Å². The molecule has 0 fully saturated rings. The van der Waals surface area contributed by atoms with Crippen LogP contribution in [0.2, 0.25) is 0 Å². The minimum absolute atomic E-state index is 0.0764. The number of hydrogen-bond donors (Lipinski definition) is 0. The van der Waals surface area contributed by atoms with Gasteiger partial charge in [-0.2, -0.15) is 0 Å². The molecule has 0 aliphatic rings. The maximum Gasteiger partial charge on any atom is 0.137 e. The predicted octanol–water partition coefficient (Wildman–Crippen LogP) is 5.68. The maximum atomic E-state index is 13.2. The van der Waals surface area contributed by atoms with Gasteiger partial charge in [0.15, 0.2) is 0 Å². The van der Waals surface area contributed by atoms with Crippen molar-refractivity contribution in [2.75, 3.05) is 0 Å². The normalized spacial score (nSPS) is 12.5. The van der Waals surface area contributed by atoms with Crippen molar-refractivity contribution in [3.63, 3.8) is 0 Å².